The van der Waals surface area contributed by atoms with E-state index in [1.165, 1.54) is 32.4 Å². The van der Waals surface area contributed by atoms with E-state index in [2.05, 4.69) is 31.0 Å². The van der Waals surface area contributed by atoms with E-state index in [4.69, 9.17) is 0 Å². The fraction of sp³-hybridized carbons (Fsp3) is 0.800. The summed E-state index contributed by atoms with van der Waals surface area (Å²) < 4.78 is 0. The van der Waals surface area contributed by atoms with Crippen LogP contribution < -0.4 is 5.73 Å². The average Bonchev–Trinajstić information content (AvgIpc) is 2.38. The number of rotatable bonds is 2. The van der Waals surface area contributed by atoms with Crippen LogP contribution in [0.15, 0.2) is 0 Å². The summed E-state index contributed by atoms with van der Waals surface area (Å²) in [6.45, 7) is 4.94. The highest BCUT2D eigenvalue weighted by Gasteiger charge is 2.17. The molecular formula is C10H20N2. The number of hydrogen-bond acceptors (Lipinski definition) is 2. The number of likely N-dealkylation sites (tertiary alicyclic amines) is 1. The van der Waals surface area contributed by atoms with Crippen LogP contribution in [0.1, 0.15) is 26.2 Å². The molecule has 0 radical (unpaired) electrons. The molecule has 1 aliphatic heterocycles. The zero-order chi connectivity index (χ0) is 9.40. The minimum atomic E-state index is 1.01. The van der Waals surface area contributed by atoms with Gasteiger partial charge in [0.25, 0.3) is 0 Å². The van der Waals surface area contributed by atoms with Crippen LogP contribution in [0.3, 0.4) is 0 Å². The molecule has 12 heavy (non-hydrogen) atoms. The first-order valence-corrected chi connectivity index (χ1v) is 4.59. The van der Waals surface area contributed by atoms with Gasteiger partial charge in [-0.1, -0.05) is 19.8 Å². The maximum atomic E-state index is 4.38. The molecule has 1 atom stereocenters. The maximum absolute atomic E-state index is 4.38. The predicted octanol–water partition coefficient (Wildman–Crippen LogP) is 1.27. The van der Waals surface area contributed by atoms with Crippen LogP contribution in [0.25, 0.3) is 0 Å². The van der Waals surface area contributed by atoms with Crippen molar-refractivity contribution in [3.05, 3.63) is 0 Å². The number of hydrogen-bond donors (Lipinski definition) is 1. The molecule has 1 aliphatic rings. The normalized spacial score (nSPS) is 22.6. The lowest BCUT2D eigenvalue weighted by atomic mass is 10.0. The minimum Gasteiger partial charge on any atom is -0.360 e. The van der Waals surface area contributed by atoms with Crippen LogP contribution in [0, 0.1) is 18.4 Å². The minimum absolute atomic E-state index is 1.01. The first kappa shape index (κ1) is 11.3. The lowest BCUT2D eigenvalue weighted by molar-refractivity contribution is 0.387. The highest BCUT2D eigenvalue weighted by molar-refractivity contribution is 4.71. The Labute approximate surface area is 76.1 Å². The van der Waals surface area contributed by atoms with E-state index < -0.39 is 0 Å². The van der Waals surface area contributed by atoms with Crippen LogP contribution in [-0.4, -0.2) is 25.0 Å². The molecule has 2 N–H and O–H groups in total. The monoisotopic (exact) mass is 168 g/mol. The van der Waals surface area contributed by atoms with Crippen LogP contribution in [0.2, 0.25) is 0 Å². The standard InChI is InChI=1S/C8H17N.C2H3N/c1-3-4-8-5-6-9(2)7-8;1-2-3/h8H,3-7H2,1-2H3;1H,3H2. The molecule has 0 aromatic carbocycles. The summed E-state index contributed by atoms with van der Waals surface area (Å²) in [7, 11) is 2.22. The highest BCUT2D eigenvalue weighted by Crippen LogP contribution is 2.18. The van der Waals surface area contributed by atoms with E-state index in [1.807, 2.05) is 0 Å². The second-order valence-electron chi connectivity index (χ2n) is 3.37. The predicted molar refractivity (Wildman–Crippen MR) is 53.5 cm³/mol. The Bertz CT molecular complexity index is 135. The van der Waals surface area contributed by atoms with Gasteiger partial charge in [-0.2, -0.15) is 0 Å². The van der Waals surface area contributed by atoms with E-state index in [-0.39, 0.29) is 0 Å². The molecule has 0 saturated carbocycles. The van der Waals surface area contributed by atoms with Gasteiger partial charge in [0, 0.05) is 6.54 Å². The third kappa shape index (κ3) is 5.03. The molecule has 0 bridgehead atoms. The summed E-state index contributed by atoms with van der Waals surface area (Å²) in [4.78, 5) is 2.43. The summed E-state index contributed by atoms with van der Waals surface area (Å²) in [5.74, 6) is 1.01. The van der Waals surface area contributed by atoms with E-state index in [0.29, 0.717) is 0 Å². The van der Waals surface area contributed by atoms with Crippen molar-refractivity contribution < 1.29 is 0 Å². The molecule has 0 aromatic rings. The lowest BCUT2D eigenvalue weighted by Crippen LogP contribution is -2.13. The molecule has 0 amide bonds. The van der Waals surface area contributed by atoms with E-state index in [9.17, 15) is 0 Å². The molecule has 0 spiro atoms. The SMILES string of the molecule is C#CN.CCCC1CCN(C)C1. The molecule has 1 heterocycles. The van der Waals surface area contributed by atoms with E-state index >= 15 is 0 Å². The Kier molecular flexibility index (Phi) is 6.60. The van der Waals surface area contributed by atoms with Gasteiger partial charge in [-0.05, 0) is 38.4 Å². The first-order valence-electron chi connectivity index (χ1n) is 4.59. The van der Waals surface area contributed by atoms with Crippen molar-refractivity contribution in [2.24, 2.45) is 11.7 Å². The molecule has 1 saturated heterocycles. The summed E-state index contributed by atoms with van der Waals surface area (Å²) >= 11 is 0. The number of terminal acetylenes is 1. The molecule has 70 valence electrons. The number of nitrogens with two attached hydrogens (primary N) is 1. The molecule has 0 aliphatic carbocycles. The van der Waals surface area contributed by atoms with Gasteiger partial charge in [0.05, 0.1) is 0 Å². The summed E-state index contributed by atoms with van der Waals surface area (Å²) in [5.41, 5.74) is 4.38. The zero-order valence-corrected chi connectivity index (χ0v) is 8.21. The third-order valence-electron chi connectivity index (χ3n) is 2.19. The fourth-order valence-electron chi connectivity index (χ4n) is 1.67. The second-order valence-corrected chi connectivity index (χ2v) is 3.37. The Morgan fingerprint density at radius 2 is 2.25 bits per heavy atom. The van der Waals surface area contributed by atoms with Crippen LogP contribution >= 0.6 is 0 Å². The van der Waals surface area contributed by atoms with Gasteiger partial charge in [0.2, 0.25) is 0 Å². The smallest absolute Gasteiger partial charge is 0.000708 e. The Morgan fingerprint density at radius 3 is 2.58 bits per heavy atom. The van der Waals surface area contributed by atoms with Gasteiger partial charge in [0.15, 0.2) is 0 Å². The van der Waals surface area contributed by atoms with E-state index in [1.54, 1.807) is 6.04 Å². The summed E-state index contributed by atoms with van der Waals surface area (Å²) in [6, 6.07) is 1.75. The van der Waals surface area contributed by atoms with Crippen molar-refractivity contribution in [3.8, 4) is 12.5 Å². The van der Waals surface area contributed by atoms with Crippen molar-refractivity contribution in [3.63, 3.8) is 0 Å². The van der Waals surface area contributed by atoms with Crippen molar-refractivity contribution in [1.29, 1.82) is 0 Å². The maximum Gasteiger partial charge on any atom is 0.000708 e. The zero-order valence-electron chi connectivity index (χ0n) is 8.21. The topological polar surface area (TPSA) is 29.3 Å². The molecule has 1 rings (SSSR count). The van der Waals surface area contributed by atoms with Gasteiger partial charge < -0.3 is 10.6 Å². The lowest BCUT2D eigenvalue weighted by Gasteiger charge is -2.07. The van der Waals surface area contributed by atoms with Crippen molar-refractivity contribution >= 4 is 0 Å². The van der Waals surface area contributed by atoms with Gasteiger partial charge >= 0.3 is 0 Å². The molecule has 2 heteroatoms. The van der Waals surface area contributed by atoms with Crippen LogP contribution in [0.5, 0.6) is 0 Å². The van der Waals surface area contributed by atoms with Gasteiger partial charge in [0.1, 0.15) is 0 Å². The quantitative estimate of drug-likeness (QED) is 0.497. The van der Waals surface area contributed by atoms with Crippen LogP contribution in [-0.2, 0) is 0 Å². The fourth-order valence-corrected chi connectivity index (χ4v) is 1.67. The van der Waals surface area contributed by atoms with Crippen molar-refractivity contribution in [2.75, 3.05) is 20.1 Å². The summed E-state index contributed by atoms with van der Waals surface area (Å²) in [6.07, 6.45) is 8.60. The second kappa shape index (κ2) is 7.00. The van der Waals surface area contributed by atoms with Gasteiger partial charge in [-0.25, -0.2) is 0 Å². The Balaban J connectivity index is 0.000000354. The number of nitrogens with zero attached hydrogens (tertiary/aromatic N) is 1. The van der Waals surface area contributed by atoms with Gasteiger partial charge in [-0.15, -0.1) is 0 Å². The molecular weight excluding hydrogens is 148 g/mol. The highest BCUT2D eigenvalue weighted by atomic mass is 15.1. The first-order chi connectivity index (χ1) is 5.74. The average molecular weight is 168 g/mol. The molecule has 0 aromatic heterocycles. The van der Waals surface area contributed by atoms with Crippen LogP contribution in [0.4, 0.5) is 0 Å². The molecule has 2 nitrogen and oxygen atoms in total. The van der Waals surface area contributed by atoms with Crippen molar-refractivity contribution in [1.82, 2.24) is 4.90 Å². The Hall–Kier alpha value is -0.680. The largest absolute Gasteiger partial charge is 0.360 e. The van der Waals surface area contributed by atoms with E-state index in [0.717, 1.165) is 5.92 Å². The molecule has 1 unspecified atom stereocenters. The van der Waals surface area contributed by atoms with Gasteiger partial charge in [-0.3, -0.25) is 0 Å². The Morgan fingerprint density at radius 1 is 1.67 bits per heavy atom. The van der Waals surface area contributed by atoms with Crippen molar-refractivity contribution in [2.45, 2.75) is 26.2 Å². The summed E-state index contributed by atoms with van der Waals surface area (Å²) in [5, 5.41) is 0. The molecule has 1 fully saturated rings. The third-order valence-corrected chi connectivity index (χ3v) is 2.19.